The third kappa shape index (κ3) is 3.93. The van der Waals surface area contributed by atoms with Gasteiger partial charge < -0.3 is 9.80 Å². The Bertz CT molecular complexity index is 803. The van der Waals surface area contributed by atoms with E-state index in [1.54, 1.807) is 21.9 Å². The van der Waals surface area contributed by atoms with E-state index in [-0.39, 0.29) is 30.1 Å². The van der Waals surface area contributed by atoms with Crippen LogP contribution in [0.4, 0.5) is 10.1 Å². The smallest absolute Gasteiger partial charge is 0.232 e. The highest BCUT2D eigenvalue weighted by atomic mass is 32.1. The van der Waals surface area contributed by atoms with Crippen molar-refractivity contribution in [2.75, 3.05) is 11.4 Å². The Balaban J connectivity index is 1.86. The molecule has 1 aliphatic heterocycles. The van der Waals surface area contributed by atoms with Gasteiger partial charge in [-0.15, -0.1) is 11.3 Å². The lowest BCUT2D eigenvalue weighted by molar-refractivity contribution is -0.129. The van der Waals surface area contributed by atoms with Crippen LogP contribution in [-0.4, -0.2) is 34.3 Å². The van der Waals surface area contributed by atoms with Crippen LogP contribution in [0.2, 0.25) is 0 Å². The molecule has 2 heterocycles. The SMILES string of the molecule is Cc1nc(CN(C(=O)[C@H]2CC(=O)N(C(C)C)C2)c2ccc(F)cc2)cs1. The summed E-state index contributed by atoms with van der Waals surface area (Å²) >= 11 is 1.52. The Kier molecular flexibility index (Phi) is 5.36. The minimum atomic E-state index is -0.394. The number of rotatable bonds is 5. The number of thiazole rings is 1. The lowest BCUT2D eigenvalue weighted by Crippen LogP contribution is -2.38. The second kappa shape index (κ2) is 7.53. The molecule has 1 aromatic carbocycles. The standard InChI is InChI=1S/C19H22FN3O2S/c1-12(2)22-9-14(8-18(22)24)19(25)23(10-16-11-26-13(3)21-16)17-6-4-15(20)5-7-17/h4-7,11-12,14H,8-10H2,1-3H3/t14-/m0/s1. The van der Waals surface area contributed by atoms with E-state index in [1.165, 1.54) is 23.5 Å². The fourth-order valence-corrected chi connectivity index (χ4v) is 3.78. The molecule has 0 unspecified atom stereocenters. The summed E-state index contributed by atoms with van der Waals surface area (Å²) < 4.78 is 13.3. The van der Waals surface area contributed by atoms with Gasteiger partial charge in [0.05, 0.1) is 23.2 Å². The maximum Gasteiger partial charge on any atom is 0.232 e. The van der Waals surface area contributed by atoms with Crippen LogP contribution < -0.4 is 4.90 Å². The number of carbonyl (C=O) groups is 2. The van der Waals surface area contributed by atoms with E-state index in [4.69, 9.17) is 0 Å². The molecule has 0 spiro atoms. The van der Waals surface area contributed by atoms with Crippen molar-refractivity contribution in [1.29, 1.82) is 0 Å². The number of hydrogen-bond acceptors (Lipinski definition) is 4. The van der Waals surface area contributed by atoms with Gasteiger partial charge in [-0.05, 0) is 45.0 Å². The number of aromatic nitrogens is 1. The molecule has 0 saturated carbocycles. The van der Waals surface area contributed by atoms with Gasteiger partial charge >= 0.3 is 0 Å². The first-order chi connectivity index (χ1) is 12.3. The Hall–Kier alpha value is -2.28. The molecule has 7 heteroatoms. The summed E-state index contributed by atoms with van der Waals surface area (Å²) in [6.07, 6.45) is 0.213. The first kappa shape index (κ1) is 18.5. The molecule has 2 aromatic rings. The van der Waals surface area contributed by atoms with Gasteiger partial charge in [-0.25, -0.2) is 9.37 Å². The van der Waals surface area contributed by atoms with E-state index >= 15 is 0 Å². The highest BCUT2D eigenvalue weighted by Gasteiger charge is 2.38. The summed E-state index contributed by atoms with van der Waals surface area (Å²) in [7, 11) is 0. The number of amides is 2. The normalized spacial score (nSPS) is 17.2. The van der Waals surface area contributed by atoms with Gasteiger partial charge in [0.2, 0.25) is 11.8 Å². The summed E-state index contributed by atoms with van der Waals surface area (Å²) in [6, 6.07) is 5.91. The van der Waals surface area contributed by atoms with Crippen LogP contribution in [0, 0.1) is 18.7 Å². The van der Waals surface area contributed by atoms with Gasteiger partial charge in [0.15, 0.2) is 0 Å². The van der Waals surface area contributed by atoms with Crippen molar-refractivity contribution in [3.63, 3.8) is 0 Å². The topological polar surface area (TPSA) is 53.5 Å². The molecular formula is C19H22FN3O2S. The molecule has 2 amide bonds. The van der Waals surface area contributed by atoms with E-state index < -0.39 is 5.92 Å². The average molecular weight is 375 g/mol. The van der Waals surface area contributed by atoms with E-state index in [1.807, 2.05) is 26.2 Å². The third-order valence-corrected chi connectivity index (χ3v) is 5.34. The van der Waals surface area contributed by atoms with Gasteiger partial charge in [0.25, 0.3) is 0 Å². The zero-order valence-electron chi connectivity index (χ0n) is 15.1. The predicted molar refractivity (Wildman–Crippen MR) is 99.4 cm³/mol. The highest BCUT2D eigenvalue weighted by molar-refractivity contribution is 7.09. The lowest BCUT2D eigenvalue weighted by Gasteiger charge is -2.26. The summed E-state index contributed by atoms with van der Waals surface area (Å²) in [5.41, 5.74) is 1.40. The molecule has 5 nitrogen and oxygen atoms in total. The van der Waals surface area contributed by atoms with Crippen molar-refractivity contribution in [2.45, 2.75) is 39.8 Å². The van der Waals surface area contributed by atoms with Crippen molar-refractivity contribution in [2.24, 2.45) is 5.92 Å². The molecule has 0 bridgehead atoms. The zero-order valence-corrected chi connectivity index (χ0v) is 15.9. The number of benzene rings is 1. The van der Waals surface area contributed by atoms with Gasteiger partial charge in [-0.1, -0.05) is 0 Å². The number of halogens is 1. The minimum absolute atomic E-state index is 0.00177. The molecule has 0 N–H and O–H groups in total. The molecule has 138 valence electrons. The molecule has 3 rings (SSSR count). The highest BCUT2D eigenvalue weighted by Crippen LogP contribution is 2.27. The summed E-state index contributed by atoms with van der Waals surface area (Å²) in [5, 5.41) is 2.84. The van der Waals surface area contributed by atoms with Crippen LogP contribution >= 0.6 is 11.3 Å². The van der Waals surface area contributed by atoms with Crippen molar-refractivity contribution >= 4 is 28.8 Å². The Morgan fingerprint density at radius 1 is 1.38 bits per heavy atom. The maximum absolute atomic E-state index is 13.3. The number of hydrogen-bond donors (Lipinski definition) is 0. The van der Waals surface area contributed by atoms with Crippen LogP contribution in [0.25, 0.3) is 0 Å². The number of aryl methyl sites for hydroxylation is 1. The molecule has 0 radical (unpaired) electrons. The fourth-order valence-electron chi connectivity index (χ4n) is 3.18. The van der Waals surface area contributed by atoms with E-state index in [0.717, 1.165) is 10.7 Å². The van der Waals surface area contributed by atoms with Gasteiger partial charge in [-0.3, -0.25) is 9.59 Å². The number of carbonyl (C=O) groups excluding carboxylic acids is 2. The largest absolute Gasteiger partial charge is 0.339 e. The monoisotopic (exact) mass is 375 g/mol. The van der Waals surface area contributed by atoms with Gasteiger partial charge in [0.1, 0.15) is 5.82 Å². The van der Waals surface area contributed by atoms with Crippen LogP contribution in [0.1, 0.15) is 31.0 Å². The Labute approximate surface area is 156 Å². The number of likely N-dealkylation sites (tertiary alicyclic amines) is 1. The number of anilines is 1. The average Bonchev–Trinajstić information content (AvgIpc) is 3.18. The van der Waals surface area contributed by atoms with Crippen molar-refractivity contribution in [3.05, 3.63) is 46.2 Å². The minimum Gasteiger partial charge on any atom is -0.339 e. The summed E-state index contributed by atoms with van der Waals surface area (Å²) in [4.78, 5) is 33.2. The van der Waals surface area contributed by atoms with Crippen LogP contribution in [-0.2, 0) is 16.1 Å². The lowest BCUT2D eigenvalue weighted by atomic mass is 10.1. The number of nitrogens with zero attached hydrogens (tertiary/aromatic N) is 3. The summed E-state index contributed by atoms with van der Waals surface area (Å²) in [5.74, 6) is -0.872. The Morgan fingerprint density at radius 2 is 2.08 bits per heavy atom. The molecule has 1 atom stereocenters. The van der Waals surface area contributed by atoms with Gasteiger partial charge in [-0.2, -0.15) is 0 Å². The fraction of sp³-hybridized carbons (Fsp3) is 0.421. The summed E-state index contributed by atoms with van der Waals surface area (Å²) in [6.45, 7) is 6.53. The second-order valence-electron chi connectivity index (χ2n) is 6.80. The van der Waals surface area contributed by atoms with E-state index in [0.29, 0.717) is 18.8 Å². The first-order valence-electron chi connectivity index (χ1n) is 8.62. The van der Waals surface area contributed by atoms with Gasteiger partial charge in [0, 0.05) is 30.1 Å². The van der Waals surface area contributed by atoms with Crippen molar-refractivity contribution in [1.82, 2.24) is 9.88 Å². The molecule has 1 aromatic heterocycles. The predicted octanol–water partition coefficient (Wildman–Crippen LogP) is 3.38. The third-order valence-electron chi connectivity index (χ3n) is 4.52. The molecule has 0 aliphatic carbocycles. The second-order valence-corrected chi connectivity index (χ2v) is 7.86. The van der Waals surface area contributed by atoms with Crippen molar-refractivity contribution < 1.29 is 14.0 Å². The zero-order chi connectivity index (χ0) is 18.8. The Morgan fingerprint density at radius 3 is 2.62 bits per heavy atom. The van der Waals surface area contributed by atoms with E-state index in [9.17, 15) is 14.0 Å². The van der Waals surface area contributed by atoms with Crippen LogP contribution in [0.15, 0.2) is 29.6 Å². The van der Waals surface area contributed by atoms with Crippen LogP contribution in [0.5, 0.6) is 0 Å². The van der Waals surface area contributed by atoms with Crippen LogP contribution in [0.3, 0.4) is 0 Å². The molecular weight excluding hydrogens is 353 g/mol. The quantitative estimate of drug-likeness (QED) is 0.805. The van der Waals surface area contributed by atoms with Crippen molar-refractivity contribution in [3.8, 4) is 0 Å². The van der Waals surface area contributed by atoms with E-state index in [2.05, 4.69) is 4.98 Å². The molecule has 1 fully saturated rings. The first-order valence-corrected chi connectivity index (χ1v) is 9.50. The molecule has 1 aliphatic rings. The molecule has 26 heavy (non-hydrogen) atoms. The maximum atomic E-state index is 13.3. The molecule has 1 saturated heterocycles.